The highest BCUT2D eigenvalue weighted by Crippen LogP contribution is 2.26. The normalized spacial score (nSPS) is 11.0. The lowest BCUT2D eigenvalue weighted by molar-refractivity contribution is -0.384. The summed E-state index contributed by atoms with van der Waals surface area (Å²) >= 11 is 6.17. The Morgan fingerprint density at radius 3 is 2.42 bits per heavy atom. The Kier molecular flexibility index (Phi) is 7.52. The zero-order chi connectivity index (χ0) is 24.0. The van der Waals surface area contributed by atoms with E-state index in [0.717, 1.165) is 6.26 Å². The summed E-state index contributed by atoms with van der Waals surface area (Å²) in [4.78, 5) is 22.4. The Balaban J connectivity index is 1.65. The molecule has 0 bridgehead atoms. The van der Waals surface area contributed by atoms with Gasteiger partial charge in [-0.25, -0.2) is 8.42 Å². The first-order valence-corrected chi connectivity index (χ1v) is 11.8. The van der Waals surface area contributed by atoms with E-state index < -0.39 is 20.9 Å². The standard InChI is InChI=1S/C22H20ClN3O6S/c1-33(30,31)25(14-16-5-2-3-8-21(16)23)18-9-11-20(12-10-18)32-15-22(27)24-17-6-4-7-19(13-17)26(28)29/h2-13H,14-15H2,1H3,(H,24,27). The van der Waals surface area contributed by atoms with Crippen molar-refractivity contribution in [2.45, 2.75) is 6.54 Å². The molecule has 0 fully saturated rings. The van der Waals surface area contributed by atoms with Gasteiger partial charge in [-0.2, -0.15) is 0 Å². The molecular formula is C22H20ClN3O6S. The van der Waals surface area contributed by atoms with E-state index in [-0.39, 0.29) is 24.5 Å². The van der Waals surface area contributed by atoms with Crippen molar-refractivity contribution in [2.75, 3.05) is 22.5 Å². The molecule has 3 aromatic rings. The van der Waals surface area contributed by atoms with Crippen molar-refractivity contribution in [1.29, 1.82) is 0 Å². The Bertz CT molecular complexity index is 1270. The van der Waals surface area contributed by atoms with Gasteiger partial charge in [0.05, 0.1) is 23.4 Å². The summed E-state index contributed by atoms with van der Waals surface area (Å²) in [6.07, 6.45) is 1.10. The predicted octanol–water partition coefficient (Wildman–Crippen LogP) is 4.23. The number of rotatable bonds is 9. The second-order valence-corrected chi connectivity index (χ2v) is 9.31. The molecule has 11 heteroatoms. The molecule has 0 spiro atoms. The molecule has 3 rings (SSSR count). The van der Waals surface area contributed by atoms with Crippen LogP contribution in [0.25, 0.3) is 0 Å². The number of hydrogen-bond donors (Lipinski definition) is 1. The molecule has 0 heterocycles. The van der Waals surface area contributed by atoms with Crippen molar-refractivity contribution in [3.63, 3.8) is 0 Å². The monoisotopic (exact) mass is 489 g/mol. The van der Waals surface area contributed by atoms with Crippen LogP contribution in [0.5, 0.6) is 5.75 Å². The molecule has 172 valence electrons. The van der Waals surface area contributed by atoms with Gasteiger partial charge in [0.2, 0.25) is 10.0 Å². The molecule has 1 N–H and O–H groups in total. The lowest BCUT2D eigenvalue weighted by Crippen LogP contribution is -2.29. The van der Waals surface area contributed by atoms with E-state index in [2.05, 4.69) is 5.32 Å². The van der Waals surface area contributed by atoms with E-state index in [4.69, 9.17) is 16.3 Å². The third kappa shape index (κ3) is 6.67. The molecule has 0 atom stereocenters. The molecule has 0 aromatic heterocycles. The van der Waals surface area contributed by atoms with Gasteiger partial charge < -0.3 is 10.1 Å². The number of halogens is 1. The van der Waals surface area contributed by atoms with E-state index in [1.165, 1.54) is 28.6 Å². The lowest BCUT2D eigenvalue weighted by atomic mass is 10.2. The summed E-state index contributed by atoms with van der Waals surface area (Å²) in [5, 5.41) is 13.8. The van der Waals surface area contributed by atoms with Crippen LogP contribution >= 0.6 is 11.6 Å². The van der Waals surface area contributed by atoms with Crippen LogP contribution in [0.4, 0.5) is 17.1 Å². The number of sulfonamides is 1. The average Bonchev–Trinajstić information content (AvgIpc) is 2.77. The molecule has 0 radical (unpaired) electrons. The molecule has 0 unspecified atom stereocenters. The van der Waals surface area contributed by atoms with E-state index in [1.807, 2.05) is 0 Å². The third-order valence-corrected chi connectivity index (χ3v) is 6.02. The van der Waals surface area contributed by atoms with Crippen LogP contribution in [0.15, 0.2) is 72.8 Å². The minimum atomic E-state index is -3.59. The fraction of sp³-hybridized carbons (Fsp3) is 0.136. The van der Waals surface area contributed by atoms with Gasteiger partial charge in [0.1, 0.15) is 5.75 Å². The molecule has 33 heavy (non-hydrogen) atoms. The van der Waals surface area contributed by atoms with E-state index in [0.29, 0.717) is 22.0 Å². The topological polar surface area (TPSA) is 119 Å². The smallest absolute Gasteiger partial charge is 0.271 e. The van der Waals surface area contributed by atoms with E-state index in [1.54, 1.807) is 48.5 Å². The van der Waals surface area contributed by atoms with Crippen LogP contribution < -0.4 is 14.4 Å². The number of anilines is 2. The summed E-state index contributed by atoms with van der Waals surface area (Å²) in [5.41, 5.74) is 1.20. The van der Waals surface area contributed by atoms with Gasteiger partial charge in [0.15, 0.2) is 6.61 Å². The highest BCUT2D eigenvalue weighted by Gasteiger charge is 2.19. The largest absolute Gasteiger partial charge is 0.484 e. The molecule has 3 aromatic carbocycles. The first-order chi connectivity index (χ1) is 15.6. The molecule has 0 saturated carbocycles. The maximum absolute atomic E-state index is 12.3. The van der Waals surface area contributed by atoms with Crippen LogP contribution in [0, 0.1) is 10.1 Å². The summed E-state index contributed by atoms with van der Waals surface area (Å²) in [6, 6.07) is 18.7. The minimum absolute atomic E-state index is 0.0598. The predicted molar refractivity (Wildman–Crippen MR) is 126 cm³/mol. The number of benzene rings is 3. The van der Waals surface area contributed by atoms with E-state index >= 15 is 0 Å². The zero-order valence-electron chi connectivity index (χ0n) is 17.5. The number of nitro benzene ring substituents is 1. The lowest BCUT2D eigenvalue weighted by Gasteiger charge is -2.23. The Labute approximate surface area is 195 Å². The van der Waals surface area contributed by atoms with Crippen molar-refractivity contribution >= 4 is 44.6 Å². The van der Waals surface area contributed by atoms with Gasteiger partial charge in [0, 0.05) is 22.8 Å². The van der Waals surface area contributed by atoms with Gasteiger partial charge >= 0.3 is 0 Å². The van der Waals surface area contributed by atoms with Crippen molar-refractivity contribution < 1.29 is 22.9 Å². The summed E-state index contributed by atoms with van der Waals surface area (Å²) in [5.74, 6) is -0.157. The summed E-state index contributed by atoms with van der Waals surface area (Å²) in [7, 11) is -3.59. The van der Waals surface area contributed by atoms with Crippen molar-refractivity contribution in [3.05, 3.63) is 93.5 Å². The van der Waals surface area contributed by atoms with Gasteiger partial charge in [0.25, 0.3) is 11.6 Å². The molecule has 0 aliphatic heterocycles. The maximum atomic E-state index is 12.3. The fourth-order valence-corrected chi connectivity index (χ4v) is 4.01. The Morgan fingerprint density at radius 1 is 1.09 bits per heavy atom. The number of non-ortho nitro benzene ring substituents is 1. The molecule has 0 aliphatic carbocycles. The first kappa shape index (κ1) is 24.0. The van der Waals surface area contributed by atoms with Crippen LogP contribution in [0.1, 0.15) is 5.56 Å². The maximum Gasteiger partial charge on any atom is 0.271 e. The Morgan fingerprint density at radius 2 is 1.79 bits per heavy atom. The van der Waals surface area contributed by atoms with Crippen LogP contribution in [-0.4, -0.2) is 32.1 Å². The van der Waals surface area contributed by atoms with E-state index in [9.17, 15) is 23.3 Å². The average molecular weight is 490 g/mol. The summed E-state index contributed by atoms with van der Waals surface area (Å²) in [6.45, 7) is -0.276. The second-order valence-electron chi connectivity index (χ2n) is 7.00. The summed E-state index contributed by atoms with van der Waals surface area (Å²) < 4.78 is 31.3. The van der Waals surface area contributed by atoms with Gasteiger partial charge in [-0.3, -0.25) is 19.2 Å². The van der Waals surface area contributed by atoms with Gasteiger partial charge in [-0.1, -0.05) is 35.9 Å². The zero-order valence-corrected chi connectivity index (χ0v) is 19.0. The van der Waals surface area contributed by atoms with Gasteiger partial charge in [-0.15, -0.1) is 0 Å². The Hall–Kier alpha value is -3.63. The molecule has 0 saturated heterocycles. The number of carbonyl (C=O) groups excluding carboxylic acids is 1. The SMILES string of the molecule is CS(=O)(=O)N(Cc1ccccc1Cl)c1ccc(OCC(=O)Nc2cccc([N+](=O)[O-])c2)cc1. The quantitative estimate of drug-likeness (QED) is 0.355. The highest BCUT2D eigenvalue weighted by molar-refractivity contribution is 7.92. The molecular weight excluding hydrogens is 470 g/mol. The fourth-order valence-electron chi connectivity index (χ4n) is 2.93. The second kappa shape index (κ2) is 10.3. The van der Waals surface area contributed by atoms with Crippen molar-refractivity contribution in [2.24, 2.45) is 0 Å². The molecule has 1 amide bonds. The van der Waals surface area contributed by atoms with Crippen molar-refractivity contribution in [3.8, 4) is 5.75 Å². The number of nitrogens with one attached hydrogen (secondary N) is 1. The minimum Gasteiger partial charge on any atom is -0.484 e. The molecule has 0 aliphatic rings. The number of nitrogens with zero attached hydrogens (tertiary/aromatic N) is 2. The number of carbonyl (C=O) groups is 1. The molecule has 9 nitrogen and oxygen atoms in total. The van der Waals surface area contributed by atoms with Crippen LogP contribution in [0.3, 0.4) is 0 Å². The number of nitro groups is 1. The van der Waals surface area contributed by atoms with Crippen LogP contribution in [-0.2, 0) is 21.4 Å². The number of amides is 1. The number of ether oxygens (including phenoxy) is 1. The van der Waals surface area contributed by atoms with Crippen LogP contribution in [0.2, 0.25) is 5.02 Å². The van der Waals surface area contributed by atoms with Crippen molar-refractivity contribution in [1.82, 2.24) is 0 Å². The highest BCUT2D eigenvalue weighted by atomic mass is 35.5. The van der Waals surface area contributed by atoms with Gasteiger partial charge in [-0.05, 0) is 42.0 Å². The number of hydrogen-bond acceptors (Lipinski definition) is 6. The first-order valence-electron chi connectivity index (χ1n) is 9.62. The third-order valence-electron chi connectivity index (χ3n) is 4.51.